The van der Waals surface area contributed by atoms with E-state index in [1.165, 1.54) is 12.8 Å². The Morgan fingerprint density at radius 1 is 1.38 bits per heavy atom. The topological polar surface area (TPSA) is 38.0 Å². The number of nitrogens with two attached hydrogens (primary N) is 1. The highest BCUT2D eigenvalue weighted by Gasteiger charge is 2.27. The van der Waals surface area contributed by atoms with Gasteiger partial charge in [-0.3, -0.25) is 0 Å². The summed E-state index contributed by atoms with van der Waals surface area (Å²) in [5.74, 6) is 0.920. The molecule has 0 bridgehead atoms. The first-order valence-electron chi connectivity index (χ1n) is 5.38. The van der Waals surface area contributed by atoms with E-state index in [0.29, 0.717) is 0 Å². The molecular formula is C11H24N2. The third-order valence-electron chi connectivity index (χ3n) is 3.11. The molecule has 0 saturated heterocycles. The van der Waals surface area contributed by atoms with Crippen molar-refractivity contribution in [1.82, 2.24) is 5.32 Å². The van der Waals surface area contributed by atoms with Crippen LogP contribution in [0.4, 0.5) is 0 Å². The normalized spacial score (nSPS) is 31.2. The summed E-state index contributed by atoms with van der Waals surface area (Å²) in [6.45, 7) is 9.86. The first-order chi connectivity index (χ1) is 5.89. The van der Waals surface area contributed by atoms with Crippen molar-refractivity contribution < 1.29 is 0 Å². The van der Waals surface area contributed by atoms with Crippen LogP contribution in [0.3, 0.4) is 0 Å². The highest BCUT2D eigenvalue weighted by molar-refractivity contribution is 4.86. The lowest BCUT2D eigenvalue weighted by Crippen LogP contribution is -2.49. The minimum Gasteiger partial charge on any atom is -0.326 e. The Morgan fingerprint density at radius 3 is 2.31 bits per heavy atom. The van der Waals surface area contributed by atoms with Crippen molar-refractivity contribution >= 4 is 0 Å². The van der Waals surface area contributed by atoms with Crippen LogP contribution in [0.25, 0.3) is 0 Å². The summed E-state index contributed by atoms with van der Waals surface area (Å²) < 4.78 is 0. The Labute approximate surface area is 82.3 Å². The minimum absolute atomic E-state index is 0.225. The molecule has 1 atom stereocenters. The first kappa shape index (κ1) is 11.0. The van der Waals surface area contributed by atoms with E-state index >= 15 is 0 Å². The number of hydrogen-bond donors (Lipinski definition) is 2. The molecule has 0 aromatic rings. The lowest BCUT2D eigenvalue weighted by atomic mass is 9.81. The average Bonchev–Trinajstić information content (AvgIpc) is 1.93. The zero-order valence-electron chi connectivity index (χ0n) is 9.43. The van der Waals surface area contributed by atoms with Crippen LogP contribution in [0.5, 0.6) is 0 Å². The van der Waals surface area contributed by atoms with E-state index in [9.17, 15) is 0 Å². The molecule has 13 heavy (non-hydrogen) atoms. The van der Waals surface area contributed by atoms with Gasteiger partial charge in [-0.25, -0.2) is 0 Å². The molecule has 1 aliphatic rings. The fraction of sp³-hybridized carbons (Fsp3) is 1.00. The molecule has 0 aliphatic heterocycles. The summed E-state index contributed by atoms with van der Waals surface area (Å²) in [7, 11) is 0. The maximum Gasteiger partial charge on any atom is 0.0214 e. The Balaban J connectivity index is 2.12. The zero-order valence-corrected chi connectivity index (χ0v) is 9.43. The second-order valence-corrected chi connectivity index (χ2v) is 5.65. The van der Waals surface area contributed by atoms with Crippen LogP contribution >= 0.6 is 0 Å². The molecule has 0 aromatic carbocycles. The molecule has 1 rings (SSSR count). The van der Waals surface area contributed by atoms with Gasteiger partial charge in [0.25, 0.3) is 0 Å². The summed E-state index contributed by atoms with van der Waals surface area (Å²) in [5, 5.41) is 3.53. The molecule has 78 valence electrons. The molecule has 0 amide bonds. The van der Waals surface area contributed by atoms with E-state index in [-0.39, 0.29) is 11.5 Å². The van der Waals surface area contributed by atoms with Gasteiger partial charge >= 0.3 is 0 Å². The van der Waals surface area contributed by atoms with Gasteiger partial charge < -0.3 is 11.1 Å². The molecule has 2 nitrogen and oxygen atoms in total. The summed E-state index contributed by atoms with van der Waals surface area (Å²) in [4.78, 5) is 0. The molecule has 0 heterocycles. The van der Waals surface area contributed by atoms with Crippen molar-refractivity contribution in [3.05, 3.63) is 0 Å². The maximum absolute atomic E-state index is 6.05. The van der Waals surface area contributed by atoms with Crippen LogP contribution in [0.1, 0.15) is 40.5 Å². The maximum atomic E-state index is 6.05. The summed E-state index contributed by atoms with van der Waals surface area (Å²) >= 11 is 0. The molecule has 2 heteroatoms. The SMILES string of the molecule is CC1CC(NCC(N)C(C)(C)C)C1. The van der Waals surface area contributed by atoms with Gasteiger partial charge in [0.1, 0.15) is 0 Å². The largest absolute Gasteiger partial charge is 0.326 e. The van der Waals surface area contributed by atoms with E-state index in [0.717, 1.165) is 18.5 Å². The van der Waals surface area contributed by atoms with Gasteiger partial charge in [-0.05, 0) is 24.2 Å². The predicted octanol–water partition coefficient (Wildman–Crippen LogP) is 1.75. The predicted molar refractivity (Wildman–Crippen MR) is 57.6 cm³/mol. The standard InChI is InChI=1S/C11H24N2/c1-8-5-9(6-8)13-7-10(12)11(2,3)4/h8-10,13H,5-7,12H2,1-4H3. The number of nitrogens with one attached hydrogen (secondary N) is 1. The molecule has 0 spiro atoms. The summed E-state index contributed by atoms with van der Waals surface area (Å²) in [6.07, 6.45) is 2.66. The lowest BCUT2D eigenvalue weighted by molar-refractivity contribution is 0.219. The van der Waals surface area contributed by atoms with E-state index in [1.807, 2.05) is 0 Å². The zero-order chi connectivity index (χ0) is 10.1. The van der Waals surface area contributed by atoms with E-state index in [2.05, 4.69) is 33.0 Å². The highest BCUT2D eigenvalue weighted by atomic mass is 15.0. The fourth-order valence-electron chi connectivity index (χ4n) is 1.67. The summed E-state index contributed by atoms with van der Waals surface area (Å²) in [5.41, 5.74) is 6.27. The smallest absolute Gasteiger partial charge is 0.0214 e. The first-order valence-corrected chi connectivity index (χ1v) is 5.38. The van der Waals surface area contributed by atoms with Gasteiger partial charge in [0.2, 0.25) is 0 Å². The lowest BCUT2D eigenvalue weighted by Gasteiger charge is -2.36. The Kier molecular flexibility index (Phi) is 3.36. The molecular weight excluding hydrogens is 160 g/mol. The van der Waals surface area contributed by atoms with Crippen molar-refractivity contribution in [3.8, 4) is 0 Å². The Hall–Kier alpha value is -0.0800. The minimum atomic E-state index is 0.225. The Bertz CT molecular complexity index is 154. The van der Waals surface area contributed by atoms with Crippen molar-refractivity contribution in [1.29, 1.82) is 0 Å². The van der Waals surface area contributed by atoms with E-state index in [1.54, 1.807) is 0 Å². The van der Waals surface area contributed by atoms with E-state index in [4.69, 9.17) is 5.73 Å². The third kappa shape index (κ3) is 3.28. The van der Waals surface area contributed by atoms with Gasteiger partial charge in [-0.1, -0.05) is 27.7 Å². The second-order valence-electron chi connectivity index (χ2n) is 5.65. The average molecular weight is 184 g/mol. The molecule has 1 fully saturated rings. The molecule has 1 saturated carbocycles. The van der Waals surface area contributed by atoms with Gasteiger partial charge in [0.15, 0.2) is 0 Å². The van der Waals surface area contributed by atoms with Crippen molar-refractivity contribution in [2.75, 3.05) is 6.54 Å². The van der Waals surface area contributed by atoms with Crippen LogP contribution in [0.15, 0.2) is 0 Å². The van der Waals surface area contributed by atoms with Crippen molar-refractivity contribution in [2.24, 2.45) is 17.1 Å². The van der Waals surface area contributed by atoms with Crippen molar-refractivity contribution in [3.63, 3.8) is 0 Å². The van der Waals surface area contributed by atoms with Gasteiger partial charge in [0.05, 0.1) is 0 Å². The Morgan fingerprint density at radius 2 is 1.92 bits per heavy atom. The van der Waals surface area contributed by atoms with Gasteiger partial charge in [-0.15, -0.1) is 0 Å². The summed E-state index contributed by atoms with van der Waals surface area (Å²) in [6, 6.07) is 1.01. The van der Waals surface area contributed by atoms with Crippen LogP contribution < -0.4 is 11.1 Å². The quantitative estimate of drug-likeness (QED) is 0.701. The van der Waals surface area contributed by atoms with E-state index < -0.39 is 0 Å². The molecule has 1 unspecified atom stereocenters. The molecule has 0 radical (unpaired) electrons. The van der Waals surface area contributed by atoms with Gasteiger partial charge in [0, 0.05) is 18.6 Å². The number of hydrogen-bond acceptors (Lipinski definition) is 2. The fourth-order valence-corrected chi connectivity index (χ4v) is 1.67. The second kappa shape index (κ2) is 3.97. The number of rotatable bonds is 3. The monoisotopic (exact) mass is 184 g/mol. The molecule has 0 aromatic heterocycles. The van der Waals surface area contributed by atoms with Crippen LogP contribution in [-0.2, 0) is 0 Å². The molecule has 3 N–H and O–H groups in total. The third-order valence-corrected chi connectivity index (χ3v) is 3.11. The van der Waals surface area contributed by atoms with Gasteiger partial charge in [-0.2, -0.15) is 0 Å². The van der Waals surface area contributed by atoms with Crippen molar-refractivity contribution in [2.45, 2.75) is 52.6 Å². The van der Waals surface area contributed by atoms with Crippen LogP contribution in [-0.4, -0.2) is 18.6 Å². The highest BCUT2D eigenvalue weighted by Crippen LogP contribution is 2.26. The molecule has 1 aliphatic carbocycles. The van der Waals surface area contributed by atoms with Crippen LogP contribution in [0.2, 0.25) is 0 Å². The van der Waals surface area contributed by atoms with Crippen LogP contribution in [0, 0.1) is 11.3 Å².